The molecule has 0 aromatic heterocycles. The number of methoxy groups -OCH3 is 2. The summed E-state index contributed by atoms with van der Waals surface area (Å²) in [5.74, 6) is 1.61. The molecule has 0 saturated heterocycles. The molecule has 0 amide bonds. The van der Waals surface area contributed by atoms with Gasteiger partial charge in [0.1, 0.15) is 11.5 Å². The lowest BCUT2D eigenvalue weighted by atomic mass is 9.92. The Bertz CT molecular complexity index is 655. The molecule has 0 aliphatic carbocycles. The van der Waals surface area contributed by atoms with Gasteiger partial charge in [-0.1, -0.05) is 34.1 Å². The SMILES string of the molecule is COc1ccccc1C(N)c1c(C)c(Br)cc(C)c1OC. The number of nitrogens with two attached hydrogens (primary N) is 1. The van der Waals surface area contributed by atoms with E-state index < -0.39 is 0 Å². The van der Waals surface area contributed by atoms with E-state index in [1.807, 2.05) is 44.2 Å². The van der Waals surface area contributed by atoms with E-state index in [1.54, 1.807) is 14.2 Å². The second-order valence-corrected chi connectivity index (χ2v) is 5.82. The molecule has 4 heteroatoms. The number of benzene rings is 2. The Kier molecular flexibility index (Phi) is 4.91. The van der Waals surface area contributed by atoms with Gasteiger partial charge in [0.15, 0.2) is 0 Å². The van der Waals surface area contributed by atoms with Gasteiger partial charge in [-0.25, -0.2) is 0 Å². The highest BCUT2D eigenvalue weighted by Gasteiger charge is 2.22. The Labute approximate surface area is 134 Å². The van der Waals surface area contributed by atoms with Gasteiger partial charge < -0.3 is 15.2 Å². The highest BCUT2D eigenvalue weighted by Crippen LogP contribution is 2.39. The van der Waals surface area contributed by atoms with E-state index in [2.05, 4.69) is 15.9 Å². The molecule has 0 radical (unpaired) electrons. The summed E-state index contributed by atoms with van der Waals surface area (Å²) >= 11 is 3.59. The van der Waals surface area contributed by atoms with Crippen molar-refractivity contribution >= 4 is 15.9 Å². The fourth-order valence-corrected chi connectivity index (χ4v) is 3.16. The third-order valence-electron chi connectivity index (χ3n) is 3.70. The number of hydrogen-bond donors (Lipinski definition) is 1. The fourth-order valence-electron chi connectivity index (χ4n) is 2.60. The van der Waals surface area contributed by atoms with Crippen LogP contribution in [0, 0.1) is 13.8 Å². The summed E-state index contributed by atoms with van der Waals surface area (Å²) in [6.45, 7) is 4.05. The second-order valence-electron chi connectivity index (χ2n) is 4.97. The molecule has 0 bridgehead atoms. The molecule has 1 unspecified atom stereocenters. The van der Waals surface area contributed by atoms with Crippen molar-refractivity contribution in [2.24, 2.45) is 5.73 Å². The van der Waals surface area contributed by atoms with Crippen molar-refractivity contribution in [3.8, 4) is 11.5 Å². The van der Waals surface area contributed by atoms with Gasteiger partial charge in [0, 0.05) is 15.6 Å². The number of para-hydroxylation sites is 1. The third-order valence-corrected chi connectivity index (χ3v) is 4.52. The highest BCUT2D eigenvalue weighted by molar-refractivity contribution is 9.10. The Morgan fingerprint density at radius 2 is 1.76 bits per heavy atom. The van der Waals surface area contributed by atoms with Gasteiger partial charge in [-0.2, -0.15) is 0 Å². The van der Waals surface area contributed by atoms with Gasteiger partial charge >= 0.3 is 0 Å². The predicted molar refractivity (Wildman–Crippen MR) is 89.2 cm³/mol. The molecule has 2 aromatic rings. The van der Waals surface area contributed by atoms with E-state index in [0.717, 1.165) is 38.2 Å². The van der Waals surface area contributed by atoms with Crippen LogP contribution in [0.3, 0.4) is 0 Å². The summed E-state index contributed by atoms with van der Waals surface area (Å²) in [4.78, 5) is 0. The molecule has 2 rings (SSSR count). The number of ether oxygens (including phenoxy) is 2. The smallest absolute Gasteiger partial charge is 0.127 e. The first-order valence-corrected chi connectivity index (χ1v) is 7.52. The zero-order valence-electron chi connectivity index (χ0n) is 12.7. The standard InChI is InChI=1S/C17H20BrNO2/c1-10-9-13(18)11(2)15(17(10)21-4)16(19)12-7-5-6-8-14(12)20-3/h5-9,16H,19H2,1-4H3. The van der Waals surface area contributed by atoms with Crippen LogP contribution in [0.25, 0.3) is 0 Å². The zero-order valence-corrected chi connectivity index (χ0v) is 14.3. The lowest BCUT2D eigenvalue weighted by Crippen LogP contribution is -2.16. The number of aryl methyl sites for hydroxylation is 1. The van der Waals surface area contributed by atoms with Crippen molar-refractivity contribution < 1.29 is 9.47 Å². The van der Waals surface area contributed by atoms with Gasteiger partial charge in [-0.3, -0.25) is 0 Å². The van der Waals surface area contributed by atoms with E-state index in [-0.39, 0.29) is 6.04 Å². The number of rotatable bonds is 4. The normalized spacial score (nSPS) is 12.1. The van der Waals surface area contributed by atoms with E-state index in [9.17, 15) is 0 Å². The van der Waals surface area contributed by atoms with Gasteiger partial charge in [0.05, 0.1) is 20.3 Å². The van der Waals surface area contributed by atoms with Gasteiger partial charge in [0.2, 0.25) is 0 Å². The Hall–Kier alpha value is -1.52. The Morgan fingerprint density at radius 1 is 1.10 bits per heavy atom. The van der Waals surface area contributed by atoms with Crippen molar-refractivity contribution in [1.29, 1.82) is 0 Å². The van der Waals surface area contributed by atoms with Crippen LogP contribution in [0.4, 0.5) is 0 Å². The molecule has 3 nitrogen and oxygen atoms in total. The molecule has 0 aliphatic heterocycles. The average molecular weight is 350 g/mol. The van der Waals surface area contributed by atoms with Crippen molar-refractivity contribution in [1.82, 2.24) is 0 Å². The Morgan fingerprint density at radius 3 is 2.38 bits per heavy atom. The summed E-state index contributed by atoms with van der Waals surface area (Å²) in [5.41, 5.74) is 10.6. The monoisotopic (exact) mass is 349 g/mol. The maximum atomic E-state index is 6.53. The van der Waals surface area contributed by atoms with Crippen molar-refractivity contribution in [3.63, 3.8) is 0 Å². The zero-order chi connectivity index (χ0) is 15.6. The lowest BCUT2D eigenvalue weighted by Gasteiger charge is -2.22. The first-order chi connectivity index (χ1) is 10.0. The largest absolute Gasteiger partial charge is 0.496 e. The fraction of sp³-hybridized carbons (Fsp3) is 0.294. The van der Waals surface area contributed by atoms with Gasteiger partial charge in [-0.15, -0.1) is 0 Å². The quantitative estimate of drug-likeness (QED) is 0.902. The predicted octanol–water partition coefficient (Wildman–Crippen LogP) is 4.13. The van der Waals surface area contributed by atoms with Gasteiger partial charge in [-0.05, 0) is 37.1 Å². The molecule has 112 valence electrons. The summed E-state index contributed by atoms with van der Waals surface area (Å²) < 4.78 is 12.0. The summed E-state index contributed by atoms with van der Waals surface area (Å²) in [6.07, 6.45) is 0. The van der Waals surface area contributed by atoms with E-state index >= 15 is 0 Å². The van der Waals surface area contributed by atoms with Crippen molar-refractivity contribution in [2.75, 3.05) is 14.2 Å². The first-order valence-electron chi connectivity index (χ1n) is 6.73. The van der Waals surface area contributed by atoms with Crippen LogP contribution in [-0.4, -0.2) is 14.2 Å². The third kappa shape index (κ3) is 2.92. The van der Waals surface area contributed by atoms with Crippen LogP contribution in [0.15, 0.2) is 34.8 Å². The summed E-state index contributed by atoms with van der Waals surface area (Å²) in [5, 5.41) is 0. The van der Waals surface area contributed by atoms with Gasteiger partial charge in [0.25, 0.3) is 0 Å². The van der Waals surface area contributed by atoms with E-state index in [1.165, 1.54) is 0 Å². The topological polar surface area (TPSA) is 44.5 Å². The molecule has 0 fully saturated rings. The number of halogens is 1. The molecule has 21 heavy (non-hydrogen) atoms. The van der Waals surface area contributed by atoms with Crippen LogP contribution < -0.4 is 15.2 Å². The molecular weight excluding hydrogens is 330 g/mol. The average Bonchev–Trinajstić information content (AvgIpc) is 2.49. The maximum absolute atomic E-state index is 6.53. The molecule has 1 atom stereocenters. The molecule has 2 N–H and O–H groups in total. The van der Waals surface area contributed by atoms with Crippen LogP contribution >= 0.6 is 15.9 Å². The number of hydrogen-bond acceptors (Lipinski definition) is 3. The molecule has 0 spiro atoms. The molecule has 2 aromatic carbocycles. The highest BCUT2D eigenvalue weighted by atomic mass is 79.9. The van der Waals surface area contributed by atoms with E-state index in [4.69, 9.17) is 15.2 Å². The molecular formula is C17H20BrNO2. The molecule has 0 saturated carbocycles. The second kappa shape index (κ2) is 6.50. The van der Waals surface area contributed by atoms with Crippen LogP contribution in [0.5, 0.6) is 11.5 Å². The minimum absolute atomic E-state index is 0.313. The molecule has 0 aliphatic rings. The van der Waals surface area contributed by atoms with Crippen LogP contribution in [0.1, 0.15) is 28.3 Å². The van der Waals surface area contributed by atoms with Crippen LogP contribution in [-0.2, 0) is 0 Å². The van der Waals surface area contributed by atoms with E-state index in [0.29, 0.717) is 0 Å². The minimum atomic E-state index is -0.313. The lowest BCUT2D eigenvalue weighted by molar-refractivity contribution is 0.398. The first kappa shape index (κ1) is 15.9. The maximum Gasteiger partial charge on any atom is 0.127 e. The molecule has 0 heterocycles. The Balaban J connectivity index is 2.65. The van der Waals surface area contributed by atoms with Crippen LogP contribution in [0.2, 0.25) is 0 Å². The summed E-state index contributed by atoms with van der Waals surface area (Å²) in [6, 6.07) is 9.54. The minimum Gasteiger partial charge on any atom is -0.496 e. The van der Waals surface area contributed by atoms with Crippen molar-refractivity contribution in [3.05, 3.63) is 57.1 Å². The summed E-state index contributed by atoms with van der Waals surface area (Å²) in [7, 11) is 3.33. The van der Waals surface area contributed by atoms with Crippen molar-refractivity contribution in [2.45, 2.75) is 19.9 Å².